The fraction of sp³-hybridized carbons (Fsp3) is 0.333. The monoisotopic (exact) mass is 150 g/mol. The molecule has 0 amide bonds. The van der Waals surface area contributed by atoms with E-state index in [1.807, 2.05) is 11.8 Å². The second-order valence-electron chi connectivity index (χ2n) is 2.63. The van der Waals surface area contributed by atoms with E-state index in [1.54, 1.807) is 0 Å². The third-order valence-corrected chi connectivity index (χ3v) is 2.85. The highest BCUT2D eigenvalue weighted by atomic mass is 32.2. The topological polar surface area (TPSA) is 0 Å². The van der Waals surface area contributed by atoms with Gasteiger partial charge >= 0.3 is 0 Å². The molecule has 0 spiro atoms. The second kappa shape index (κ2) is 2.67. The summed E-state index contributed by atoms with van der Waals surface area (Å²) in [4.78, 5) is 0. The highest BCUT2D eigenvalue weighted by molar-refractivity contribution is 8.02. The van der Waals surface area contributed by atoms with Crippen LogP contribution in [-0.2, 0) is 0 Å². The highest BCUT2D eigenvalue weighted by Gasteiger charge is 2.13. The van der Waals surface area contributed by atoms with Crippen LogP contribution in [0, 0.1) is 5.92 Å². The van der Waals surface area contributed by atoms with Crippen LogP contribution in [-0.4, -0.2) is 5.75 Å². The predicted molar refractivity (Wildman–Crippen MR) is 46.9 cm³/mol. The van der Waals surface area contributed by atoms with Crippen molar-refractivity contribution in [2.75, 3.05) is 5.75 Å². The molecule has 0 nitrogen and oxygen atoms in total. The molecule has 0 bridgehead atoms. The van der Waals surface area contributed by atoms with Gasteiger partial charge < -0.3 is 0 Å². The number of hydrogen-bond acceptors (Lipinski definition) is 1. The molecular formula is C9H10S. The van der Waals surface area contributed by atoms with Gasteiger partial charge in [-0.1, -0.05) is 24.3 Å². The third-order valence-electron chi connectivity index (χ3n) is 1.94. The number of thioether (sulfide) groups is 1. The first-order valence-corrected chi connectivity index (χ1v) is 4.68. The van der Waals surface area contributed by atoms with E-state index in [9.17, 15) is 0 Å². The molecule has 0 saturated heterocycles. The zero-order chi connectivity index (χ0) is 6.81. The molecule has 2 aliphatic rings. The maximum Gasteiger partial charge on any atom is 0.00341 e. The summed E-state index contributed by atoms with van der Waals surface area (Å²) >= 11 is 1.93. The first-order valence-electron chi connectivity index (χ1n) is 3.63. The summed E-state index contributed by atoms with van der Waals surface area (Å²) in [5.41, 5.74) is 1.50. The summed E-state index contributed by atoms with van der Waals surface area (Å²) in [5.74, 6) is 2.01. The van der Waals surface area contributed by atoms with Crippen LogP contribution in [0.15, 0.2) is 35.3 Å². The fourth-order valence-corrected chi connectivity index (χ4v) is 2.29. The van der Waals surface area contributed by atoms with E-state index in [2.05, 4.69) is 29.7 Å². The van der Waals surface area contributed by atoms with E-state index in [0.29, 0.717) is 0 Å². The lowest BCUT2D eigenvalue weighted by Crippen LogP contribution is -2.06. The Bertz CT molecular complexity index is 211. The molecule has 0 N–H and O–H groups in total. The first-order chi connectivity index (χ1) is 4.97. The van der Waals surface area contributed by atoms with Crippen LogP contribution in [0.1, 0.15) is 6.42 Å². The molecule has 0 fully saturated rings. The van der Waals surface area contributed by atoms with Gasteiger partial charge in [0.05, 0.1) is 0 Å². The quantitative estimate of drug-likeness (QED) is 0.511. The van der Waals surface area contributed by atoms with E-state index in [1.165, 1.54) is 17.7 Å². The van der Waals surface area contributed by atoms with Gasteiger partial charge in [-0.25, -0.2) is 0 Å². The van der Waals surface area contributed by atoms with Crippen LogP contribution in [0.3, 0.4) is 0 Å². The normalized spacial score (nSPS) is 29.6. The molecule has 1 atom stereocenters. The van der Waals surface area contributed by atoms with Crippen molar-refractivity contribution in [3.8, 4) is 0 Å². The van der Waals surface area contributed by atoms with E-state index in [-0.39, 0.29) is 0 Å². The molecule has 1 unspecified atom stereocenters. The Kier molecular flexibility index (Phi) is 1.68. The van der Waals surface area contributed by atoms with Crippen molar-refractivity contribution in [3.05, 3.63) is 35.3 Å². The maximum absolute atomic E-state index is 2.30. The molecule has 0 aromatic rings. The minimum atomic E-state index is 0.728. The molecule has 1 heterocycles. The van der Waals surface area contributed by atoms with E-state index in [0.717, 1.165) is 5.92 Å². The third kappa shape index (κ3) is 1.06. The minimum Gasteiger partial charge on any atom is -0.134 e. The zero-order valence-corrected chi connectivity index (χ0v) is 6.60. The number of hydrogen-bond donors (Lipinski definition) is 0. The minimum absolute atomic E-state index is 0.728. The smallest absolute Gasteiger partial charge is 0.00341 e. The standard InChI is InChI=1S/C9H10S/c1-2-4-9-7-10-6-5-8(9)3-1/h1-4,7-8H,5-6H2. The van der Waals surface area contributed by atoms with Crippen LogP contribution in [0.5, 0.6) is 0 Å². The predicted octanol–water partition coefficient (Wildman–Crippen LogP) is 2.75. The lowest BCUT2D eigenvalue weighted by atomic mass is 9.93. The van der Waals surface area contributed by atoms with Gasteiger partial charge in [0.25, 0.3) is 0 Å². The molecule has 52 valence electrons. The van der Waals surface area contributed by atoms with Crippen LogP contribution >= 0.6 is 11.8 Å². The first kappa shape index (κ1) is 6.29. The van der Waals surface area contributed by atoms with Crippen molar-refractivity contribution >= 4 is 11.8 Å². The van der Waals surface area contributed by atoms with Crippen LogP contribution < -0.4 is 0 Å². The van der Waals surface area contributed by atoms with Crippen molar-refractivity contribution in [3.63, 3.8) is 0 Å². The molecule has 0 aromatic carbocycles. The van der Waals surface area contributed by atoms with Gasteiger partial charge in [-0.3, -0.25) is 0 Å². The fourth-order valence-electron chi connectivity index (χ4n) is 1.34. The summed E-state index contributed by atoms with van der Waals surface area (Å²) in [6.07, 6.45) is 10.1. The molecule has 0 saturated carbocycles. The van der Waals surface area contributed by atoms with Gasteiger partial charge in [-0.05, 0) is 23.2 Å². The molecule has 2 rings (SSSR count). The largest absolute Gasteiger partial charge is 0.134 e. The lowest BCUT2D eigenvalue weighted by molar-refractivity contribution is 0.743. The Hall–Kier alpha value is -0.430. The molecule has 0 radical (unpaired) electrons. The summed E-state index contributed by atoms with van der Waals surface area (Å²) < 4.78 is 0. The number of allylic oxidation sites excluding steroid dienone is 5. The molecule has 1 heteroatoms. The SMILES string of the molecule is C1=CC2=CSCCC2C=C1. The van der Waals surface area contributed by atoms with Gasteiger partial charge in [-0.15, -0.1) is 11.8 Å². The summed E-state index contributed by atoms with van der Waals surface area (Å²) in [6.45, 7) is 0. The maximum atomic E-state index is 2.30. The van der Waals surface area contributed by atoms with Gasteiger partial charge in [0.1, 0.15) is 0 Å². The van der Waals surface area contributed by atoms with Crippen molar-refractivity contribution in [2.24, 2.45) is 5.92 Å². The van der Waals surface area contributed by atoms with Crippen molar-refractivity contribution in [2.45, 2.75) is 6.42 Å². The Balaban J connectivity index is 2.27. The van der Waals surface area contributed by atoms with Gasteiger partial charge in [0.2, 0.25) is 0 Å². The van der Waals surface area contributed by atoms with Crippen molar-refractivity contribution in [1.82, 2.24) is 0 Å². The van der Waals surface area contributed by atoms with Crippen LogP contribution in [0.25, 0.3) is 0 Å². The summed E-state index contributed by atoms with van der Waals surface area (Å²) in [6, 6.07) is 0. The summed E-state index contributed by atoms with van der Waals surface area (Å²) in [5, 5.41) is 2.29. The Morgan fingerprint density at radius 1 is 1.40 bits per heavy atom. The van der Waals surface area contributed by atoms with E-state index >= 15 is 0 Å². The molecular weight excluding hydrogens is 140 g/mol. The van der Waals surface area contributed by atoms with Crippen LogP contribution in [0.4, 0.5) is 0 Å². The Labute approximate surface area is 65.7 Å². The van der Waals surface area contributed by atoms with Crippen LogP contribution in [0.2, 0.25) is 0 Å². The molecule has 10 heavy (non-hydrogen) atoms. The van der Waals surface area contributed by atoms with Crippen molar-refractivity contribution < 1.29 is 0 Å². The number of fused-ring (bicyclic) bond motifs is 1. The molecule has 1 aliphatic heterocycles. The van der Waals surface area contributed by atoms with Gasteiger partial charge in [0, 0.05) is 5.92 Å². The highest BCUT2D eigenvalue weighted by Crippen LogP contribution is 2.30. The zero-order valence-electron chi connectivity index (χ0n) is 5.79. The molecule has 0 aromatic heterocycles. The Morgan fingerprint density at radius 3 is 3.30 bits per heavy atom. The van der Waals surface area contributed by atoms with Gasteiger partial charge in [0.15, 0.2) is 0 Å². The van der Waals surface area contributed by atoms with E-state index in [4.69, 9.17) is 0 Å². The summed E-state index contributed by atoms with van der Waals surface area (Å²) in [7, 11) is 0. The Morgan fingerprint density at radius 2 is 2.40 bits per heavy atom. The number of rotatable bonds is 0. The second-order valence-corrected chi connectivity index (χ2v) is 3.61. The van der Waals surface area contributed by atoms with Crippen molar-refractivity contribution in [1.29, 1.82) is 0 Å². The average molecular weight is 150 g/mol. The van der Waals surface area contributed by atoms with Gasteiger partial charge in [-0.2, -0.15) is 0 Å². The lowest BCUT2D eigenvalue weighted by Gasteiger charge is -2.20. The van der Waals surface area contributed by atoms with E-state index < -0.39 is 0 Å². The molecule has 1 aliphatic carbocycles. The average Bonchev–Trinajstić information content (AvgIpc) is 2.05.